The molecule has 0 bridgehead atoms. The number of hydrogen-bond acceptors (Lipinski definition) is 2. The molecule has 0 N–H and O–H groups in total. The lowest BCUT2D eigenvalue weighted by Crippen LogP contribution is -1.66. The lowest BCUT2D eigenvalue weighted by Gasteiger charge is -1.77. The first kappa shape index (κ1) is 8.11. The van der Waals surface area contributed by atoms with Crippen LogP contribution in [0.3, 0.4) is 0 Å². The maximum absolute atomic E-state index is 9.70. The summed E-state index contributed by atoms with van der Waals surface area (Å²) in [6.07, 6.45) is 4.84. The number of rotatable bonds is 3. The van der Waals surface area contributed by atoms with Gasteiger partial charge in [-0.2, -0.15) is 0 Å². The third-order valence-corrected chi connectivity index (χ3v) is 0.813. The van der Waals surface area contributed by atoms with E-state index in [-0.39, 0.29) is 5.03 Å². The van der Waals surface area contributed by atoms with Gasteiger partial charge in [0.1, 0.15) is 12.6 Å². The minimum atomic E-state index is 0.247. The van der Waals surface area contributed by atoms with Crippen LogP contribution in [0.15, 0.2) is 23.3 Å². The molecule has 0 unspecified atom stereocenters. The van der Waals surface area contributed by atoms with Gasteiger partial charge >= 0.3 is 0 Å². The van der Waals surface area contributed by atoms with Gasteiger partial charge in [0.25, 0.3) is 0 Å². The molecule has 0 rings (SSSR count). The summed E-state index contributed by atoms with van der Waals surface area (Å²) in [5, 5.41) is 0.247. The molecule has 0 saturated carbocycles. The molecule has 48 valence electrons. The predicted octanol–water partition coefficient (Wildman–Crippen LogP) is 1.06. The van der Waals surface area contributed by atoms with Gasteiger partial charge in [-0.3, -0.25) is 9.59 Å². The highest BCUT2D eigenvalue weighted by atomic mass is 35.5. The second-order valence-corrected chi connectivity index (χ2v) is 1.62. The molecule has 0 aromatic rings. The predicted molar refractivity (Wildman–Crippen MR) is 35.2 cm³/mol. The molecule has 0 heterocycles. The number of halogens is 1. The van der Waals surface area contributed by atoms with Crippen molar-refractivity contribution in [2.24, 2.45) is 0 Å². The zero-order chi connectivity index (χ0) is 7.11. The maximum atomic E-state index is 9.70. The van der Waals surface area contributed by atoms with E-state index in [0.717, 1.165) is 6.08 Å². The Labute approximate surface area is 57.8 Å². The van der Waals surface area contributed by atoms with Crippen molar-refractivity contribution in [2.75, 3.05) is 0 Å². The summed E-state index contributed by atoms with van der Waals surface area (Å²) in [6, 6.07) is 0. The summed E-state index contributed by atoms with van der Waals surface area (Å²) in [6.45, 7) is 0. The number of hydrogen-bond donors (Lipinski definition) is 0. The first-order valence-corrected chi connectivity index (χ1v) is 2.62. The Hall–Kier alpha value is -0.890. The molecule has 0 atom stereocenters. The molecule has 2 nitrogen and oxygen atoms in total. The van der Waals surface area contributed by atoms with Gasteiger partial charge in [0, 0.05) is 5.03 Å². The van der Waals surface area contributed by atoms with E-state index < -0.39 is 0 Å². The lowest BCUT2D eigenvalue weighted by molar-refractivity contribution is -0.104. The highest BCUT2D eigenvalue weighted by Crippen LogP contribution is 1.99. The molecule has 0 aromatic heterocycles. The number of aldehydes is 2. The van der Waals surface area contributed by atoms with Gasteiger partial charge in [0.15, 0.2) is 0 Å². The summed E-state index contributed by atoms with van der Waals surface area (Å²) in [5.74, 6) is 0. The second-order valence-electron chi connectivity index (χ2n) is 1.18. The van der Waals surface area contributed by atoms with E-state index >= 15 is 0 Å². The molecule has 0 amide bonds. The summed E-state index contributed by atoms with van der Waals surface area (Å²) in [7, 11) is 0. The fourth-order valence-corrected chi connectivity index (χ4v) is 0.376. The zero-order valence-corrected chi connectivity index (χ0v) is 5.34. The van der Waals surface area contributed by atoms with E-state index in [1.54, 1.807) is 0 Å². The van der Waals surface area contributed by atoms with Crippen LogP contribution in [0.5, 0.6) is 0 Å². The van der Waals surface area contributed by atoms with Crippen LogP contribution < -0.4 is 0 Å². The standard InChI is InChI=1S/C6H5ClO2/c7-6(3-5-9)2-1-4-8/h1-5H/b2-1-,6-3+. The van der Waals surface area contributed by atoms with Gasteiger partial charge < -0.3 is 0 Å². The van der Waals surface area contributed by atoms with Crippen LogP contribution in [0, 0.1) is 0 Å². The van der Waals surface area contributed by atoms with Crippen LogP contribution >= 0.6 is 11.6 Å². The van der Waals surface area contributed by atoms with Gasteiger partial charge in [0.2, 0.25) is 0 Å². The highest BCUT2D eigenvalue weighted by Gasteiger charge is 1.79. The Morgan fingerprint density at radius 1 is 1.22 bits per heavy atom. The van der Waals surface area contributed by atoms with E-state index in [9.17, 15) is 9.59 Å². The van der Waals surface area contributed by atoms with Crippen LogP contribution in [0.25, 0.3) is 0 Å². The lowest BCUT2D eigenvalue weighted by atomic mass is 10.4. The first-order valence-electron chi connectivity index (χ1n) is 2.24. The molecule has 0 spiro atoms. The number of carbonyl (C=O) groups is 2. The van der Waals surface area contributed by atoms with Gasteiger partial charge in [0.05, 0.1) is 0 Å². The minimum Gasteiger partial charge on any atom is -0.299 e. The Bertz CT molecular complexity index is 158. The van der Waals surface area contributed by atoms with Crippen LogP contribution in [-0.2, 0) is 9.59 Å². The summed E-state index contributed by atoms with van der Waals surface area (Å²) in [5.41, 5.74) is 0. The number of allylic oxidation sites excluding steroid dienone is 4. The summed E-state index contributed by atoms with van der Waals surface area (Å²) < 4.78 is 0. The normalized spacial score (nSPS) is 11.9. The van der Waals surface area contributed by atoms with E-state index in [1.807, 2.05) is 0 Å². The maximum Gasteiger partial charge on any atom is 0.144 e. The van der Waals surface area contributed by atoms with Crippen molar-refractivity contribution in [3.63, 3.8) is 0 Å². The zero-order valence-electron chi connectivity index (χ0n) is 4.58. The molecule has 0 fully saturated rings. The van der Waals surface area contributed by atoms with Crippen molar-refractivity contribution in [3.8, 4) is 0 Å². The van der Waals surface area contributed by atoms with Crippen molar-refractivity contribution in [1.29, 1.82) is 0 Å². The van der Waals surface area contributed by atoms with Crippen LogP contribution in [0.4, 0.5) is 0 Å². The van der Waals surface area contributed by atoms with Crippen molar-refractivity contribution >= 4 is 24.2 Å². The quantitative estimate of drug-likeness (QED) is 0.337. The van der Waals surface area contributed by atoms with E-state index in [4.69, 9.17) is 11.6 Å². The van der Waals surface area contributed by atoms with Crippen molar-refractivity contribution in [3.05, 3.63) is 23.3 Å². The topological polar surface area (TPSA) is 34.1 Å². The van der Waals surface area contributed by atoms with E-state index in [2.05, 4.69) is 0 Å². The van der Waals surface area contributed by atoms with Gasteiger partial charge in [-0.05, 0) is 18.2 Å². The van der Waals surface area contributed by atoms with Gasteiger partial charge in [-0.15, -0.1) is 0 Å². The molecular formula is C6H5ClO2. The average molecular weight is 145 g/mol. The third kappa shape index (κ3) is 4.97. The summed E-state index contributed by atoms with van der Waals surface area (Å²) in [4.78, 5) is 19.3. The van der Waals surface area contributed by atoms with Crippen LogP contribution in [0.1, 0.15) is 0 Å². The van der Waals surface area contributed by atoms with Crippen molar-refractivity contribution < 1.29 is 9.59 Å². The third-order valence-electron chi connectivity index (χ3n) is 0.561. The second kappa shape index (κ2) is 5.25. The SMILES string of the molecule is O=C/C=C\C(Cl)=C/C=O. The molecule has 0 aliphatic carbocycles. The Kier molecular flexibility index (Phi) is 4.73. The van der Waals surface area contributed by atoms with Gasteiger partial charge in [-0.1, -0.05) is 11.6 Å². The van der Waals surface area contributed by atoms with Crippen LogP contribution in [0.2, 0.25) is 0 Å². The van der Waals surface area contributed by atoms with Crippen LogP contribution in [-0.4, -0.2) is 12.6 Å². The Morgan fingerprint density at radius 2 is 1.89 bits per heavy atom. The molecule has 0 saturated heterocycles. The van der Waals surface area contributed by atoms with Crippen molar-refractivity contribution in [2.45, 2.75) is 0 Å². The fraction of sp³-hybridized carbons (Fsp3) is 0. The number of carbonyl (C=O) groups excluding carboxylic acids is 2. The molecular weight excluding hydrogens is 140 g/mol. The van der Waals surface area contributed by atoms with E-state index in [0.29, 0.717) is 12.6 Å². The molecule has 0 radical (unpaired) electrons. The first-order chi connectivity index (χ1) is 4.31. The fourth-order valence-electron chi connectivity index (χ4n) is 0.252. The molecule has 9 heavy (non-hydrogen) atoms. The molecule has 0 aliphatic rings. The van der Waals surface area contributed by atoms with E-state index in [1.165, 1.54) is 12.2 Å². The Balaban J connectivity index is 3.88. The average Bonchev–Trinajstić information content (AvgIpc) is 1.85. The molecule has 3 heteroatoms. The Morgan fingerprint density at radius 3 is 2.33 bits per heavy atom. The smallest absolute Gasteiger partial charge is 0.144 e. The molecule has 0 aliphatic heterocycles. The minimum absolute atomic E-state index is 0.247. The highest BCUT2D eigenvalue weighted by molar-refractivity contribution is 6.32. The summed E-state index contributed by atoms with van der Waals surface area (Å²) >= 11 is 5.34. The van der Waals surface area contributed by atoms with Gasteiger partial charge in [-0.25, -0.2) is 0 Å². The van der Waals surface area contributed by atoms with Crippen molar-refractivity contribution in [1.82, 2.24) is 0 Å². The molecule has 0 aromatic carbocycles. The monoisotopic (exact) mass is 144 g/mol. The largest absolute Gasteiger partial charge is 0.299 e.